The van der Waals surface area contributed by atoms with E-state index in [0.717, 1.165) is 35.6 Å². The van der Waals surface area contributed by atoms with Crippen molar-refractivity contribution in [3.8, 4) is 11.5 Å². The largest absolute Gasteiger partial charge is 0.497 e. The summed E-state index contributed by atoms with van der Waals surface area (Å²) >= 11 is 0. The molecule has 4 heteroatoms. The fourth-order valence-corrected chi connectivity index (χ4v) is 2.67. The van der Waals surface area contributed by atoms with Crippen LogP contribution in [0.15, 0.2) is 12.1 Å². The quantitative estimate of drug-likeness (QED) is 0.855. The molecule has 0 aliphatic carbocycles. The van der Waals surface area contributed by atoms with Crippen molar-refractivity contribution < 1.29 is 9.47 Å². The Labute approximate surface area is 108 Å². The van der Waals surface area contributed by atoms with Crippen molar-refractivity contribution in [1.82, 2.24) is 5.32 Å². The van der Waals surface area contributed by atoms with E-state index in [1.165, 1.54) is 6.42 Å². The summed E-state index contributed by atoms with van der Waals surface area (Å²) in [6.07, 6.45) is 2.31. The van der Waals surface area contributed by atoms with Crippen LogP contribution < -0.4 is 20.5 Å². The van der Waals surface area contributed by atoms with Crippen LogP contribution in [0.25, 0.3) is 0 Å². The molecule has 1 aromatic rings. The topological polar surface area (TPSA) is 56.5 Å². The lowest BCUT2D eigenvalue weighted by Gasteiger charge is -2.24. The Hall–Kier alpha value is -1.26. The smallest absolute Gasteiger partial charge is 0.127 e. The van der Waals surface area contributed by atoms with Gasteiger partial charge in [0.1, 0.15) is 11.5 Å². The summed E-state index contributed by atoms with van der Waals surface area (Å²) in [6.45, 7) is 3.10. The standard InChI is InChI=1S/C14H22N2O2/c1-9-7-10(17-2)8-12(18-3)13(9)14(15)11-5-4-6-16-11/h7-8,11,14,16H,4-6,15H2,1-3H3. The molecule has 2 rings (SSSR count). The Bertz CT molecular complexity index is 415. The molecule has 1 aliphatic rings. The minimum Gasteiger partial charge on any atom is -0.497 e. The van der Waals surface area contributed by atoms with Gasteiger partial charge in [-0.2, -0.15) is 0 Å². The van der Waals surface area contributed by atoms with Crippen molar-refractivity contribution >= 4 is 0 Å². The van der Waals surface area contributed by atoms with Crippen molar-refractivity contribution in [3.63, 3.8) is 0 Å². The summed E-state index contributed by atoms with van der Waals surface area (Å²) in [5.41, 5.74) is 8.58. The Morgan fingerprint density at radius 1 is 1.33 bits per heavy atom. The zero-order valence-electron chi connectivity index (χ0n) is 11.3. The fraction of sp³-hybridized carbons (Fsp3) is 0.571. The number of nitrogens with two attached hydrogens (primary N) is 1. The molecule has 3 N–H and O–H groups in total. The van der Waals surface area contributed by atoms with Gasteiger partial charge in [0, 0.05) is 23.7 Å². The van der Waals surface area contributed by atoms with E-state index in [1.54, 1.807) is 14.2 Å². The summed E-state index contributed by atoms with van der Waals surface area (Å²) in [6, 6.07) is 4.21. The van der Waals surface area contributed by atoms with Crippen LogP contribution in [-0.2, 0) is 0 Å². The zero-order valence-corrected chi connectivity index (χ0v) is 11.3. The molecular weight excluding hydrogens is 228 g/mol. The first kappa shape index (κ1) is 13.2. The van der Waals surface area contributed by atoms with Gasteiger partial charge in [-0.15, -0.1) is 0 Å². The lowest BCUT2D eigenvalue weighted by Crippen LogP contribution is -2.34. The number of hydrogen-bond donors (Lipinski definition) is 2. The van der Waals surface area contributed by atoms with Gasteiger partial charge >= 0.3 is 0 Å². The van der Waals surface area contributed by atoms with Crippen LogP contribution in [0, 0.1) is 6.92 Å². The maximum absolute atomic E-state index is 6.39. The van der Waals surface area contributed by atoms with Crippen LogP contribution in [0.1, 0.15) is 30.0 Å². The average Bonchev–Trinajstić information content (AvgIpc) is 2.90. The molecule has 0 saturated carbocycles. The highest BCUT2D eigenvalue weighted by atomic mass is 16.5. The van der Waals surface area contributed by atoms with E-state index in [9.17, 15) is 0 Å². The molecule has 1 saturated heterocycles. The molecule has 100 valence electrons. The van der Waals surface area contributed by atoms with Gasteiger partial charge in [-0.3, -0.25) is 0 Å². The highest BCUT2D eigenvalue weighted by Gasteiger charge is 2.26. The Balaban J connectivity index is 2.35. The minimum absolute atomic E-state index is 0.0339. The maximum Gasteiger partial charge on any atom is 0.127 e. The minimum atomic E-state index is -0.0339. The molecule has 1 heterocycles. The molecule has 1 fully saturated rings. The lowest BCUT2D eigenvalue weighted by molar-refractivity contribution is 0.381. The number of aryl methyl sites for hydroxylation is 1. The lowest BCUT2D eigenvalue weighted by atomic mass is 9.94. The molecule has 1 aliphatic heterocycles. The molecule has 1 aromatic carbocycles. The van der Waals surface area contributed by atoms with E-state index in [1.807, 2.05) is 12.1 Å². The van der Waals surface area contributed by atoms with Gasteiger partial charge in [-0.1, -0.05) is 0 Å². The summed E-state index contributed by atoms with van der Waals surface area (Å²) in [7, 11) is 3.33. The first-order valence-electron chi connectivity index (χ1n) is 6.39. The first-order valence-corrected chi connectivity index (χ1v) is 6.39. The molecule has 0 aromatic heterocycles. The fourth-order valence-electron chi connectivity index (χ4n) is 2.67. The second-order valence-corrected chi connectivity index (χ2v) is 4.79. The van der Waals surface area contributed by atoms with Crippen molar-refractivity contribution in [2.45, 2.75) is 31.8 Å². The van der Waals surface area contributed by atoms with E-state index in [-0.39, 0.29) is 6.04 Å². The molecule has 0 radical (unpaired) electrons. The van der Waals surface area contributed by atoms with E-state index < -0.39 is 0 Å². The molecule has 0 amide bonds. The third kappa shape index (κ3) is 2.44. The van der Waals surface area contributed by atoms with Crippen LogP contribution in [0.2, 0.25) is 0 Å². The molecule has 0 bridgehead atoms. The van der Waals surface area contributed by atoms with Crippen LogP contribution >= 0.6 is 0 Å². The third-order valence-electron chi connectivity index (χ3n) is 3.64. The molecule has 2 atom stereocenters. The highest BCUT2D eigenvalue weighted by Crippen LogP contribution is 2.34. The highest BCUT2D eigenvalue weighted by molar-refractivity contribution is 5.48. The third-order valence-corrected chi connectivity index (χ3v) is 3.64. The van der Waals surface area contributed by atoms with Crippen LogP contribution in [-0.4, -0.2) is 26.8 Å². The Morgan fingerprint density at radius 2 is 2.11 bits per heavy atom. The predicted octanol–water partition coefficient (Wildman–Crippen LogP) is 1.76. The first-order chi connectivity index (χ1) is 8.67. The van der Waals surface area contributed by atoms with Crippen molar-refractivity contribution in [1.29, 1.82) is 0 Å². The summed E-state index contributed by atoms with van der Waals surface area (Å²) in [5, 5.41) is 3.45. The number of rotatable bonds is 4. The van der Waals surface area contributed by atoms with E-state index in [0.29, 0.717) is 6.04 Å². The average molecular weight is 250 g/mol. The van der Waals surface area contributed by atoms with Gasteiger partial charge in [-0.05, 0) is 37.9 Å². The van der Waals surface area contributed by atoms with E-state index in [4.69, 9.17) is 15.2 Å². The second kappa shape index (κ2) is 5.59. The van der Waals surface area contributed by atoms with E-state index >= 15 is 0 Å². The van der Waals surface area contributed by atoms with Crippen LogP contribution in [0.5, 0.6) is 11.5 Å². The second-order valence-electron chi connectivity index (χ2n) is 4.79. The maximum atomic E-state index is 6.39. The number of ether oxygens (including phenoxy) is 2. The van der Waals surface area contributed by atoms with Gasteiger partial charge in [0.25, 0.3) is 0 Å². The molecular formula is C14H22N2O2. The predicted molar refractivity (Wildman–Crippen MR) is 72.2 cm³/mol. The summed E-state index contributed by atoms with van der Waals surface area (Å²) < 4.78 is 10.7. The number of nitrogens with one attached hydrogen (secondary N) is 1. The van der Waals surface area contributed by atoms with Gasteiger partial charge in [0.2, 0.25) is 0 Å². The molecule has 18 heavy (non-hydrogen) atoms. The van der Waals surface area contributed by atoms with Gasteiger partial charge in [0.15, 0.2) is 0 Å². The molecule has 4 nitrogen and oxygen atoms in total. The Kier molecular flexibility index (Phi) is 4.09. The SMILES string of the molecule is COc1cc(C)c(C(N)C2CCCN2)c(OC)c1. The number of methoxy groups -OCH3 is 2. The van der Waals surface area contributed by atoms with Crippen molar-refractivity contribution in [2.75, 3.05) is 20.8 Å². The van der Waals surface area contributed by atoms with Gasteiger partial charge in [0.05, 0.1) is 14.2 Å². The molecule has 2 unspecified atom stereocenters. The number of benzene rings is 1. The van der Waals surface area contributed by atoms with Crippen LogP contribution in [0.3, 0.4) is 0 Å². The summed E-state index contributed by atoms with van der Waals surface area (Å²) in [5.74, 6) is 1.62. The van der Waals surface area contributed by atoms with Crippen molar-refractivity contribution in [3.05, 3.63) is 23.3 Å². The zero-order chi connectivity index (χ0) is 13.1. The van der Waals surface area contributed by atoms with E-state index in [2.05, 4.69) is 12.2 Å². The number of hydrogen-bond acceptors (Lipinski definition) is 4. The summed E-state index contributed by atoms with van der Waals surface area (Å²) in [4.78, 5) is 0. The Morgan fingerprint density at radius 3 is 2.67 bits per heavy atom. The normalized spacial score (nSPS) is 20.8. The van der Waals surface area contributed by atoms with Gasteiger partial charge in [-0.25, -0.2) is 0 Å². The van der Waals surface area contributed by atoms with Crippen molar-refractivity contribution in [2.24, 2.45) is 5.73 Å². The molecule has 0 spiro atoms. The van der Waals surface area contributed by atoms with Crippen LogP contribution in [0.4, 0.5) is 0 Å². The van der Waals surface area contributed by atoms with Gasteiger partial charge < -0.3 is 20.5 Å². The monoisotopic (exact) mass is 250 g/mol.